The molecule has 0 spiro atoms. The maximum atomic E-state index is 15.2. The minimum Gasteiger partial charge on any atom is -0.507 e. The number of ether oxygens (including phenoxy) is 10. The first kappa shape index (κ1) is 55.7. The van der Waals surface area contributed by atoms with E-state index in [4.69, 9.17) is 53.1 Å². The molecular formula is C50H68N2O22. The summed E-state index contributed by atoms with van der Waals surface area (Å²) in [7, 11) is 1.35. The zero-order valence-electron chi connectivity index (χ0n) is 42.5. The van der Waals surface area contributed by atoms with Crippen molar-refractivity contribution in [1.29, 1.82) is 0 Å². The number of rotatable bonds is 11. The van der Waals surface area contributed by atoms with Crippen LogP contribution in [0.4, 0.5) is 4.79 Å². The predicted molar refractivity (Wildman–Crippen MR) is 249 cm³/mol. The molecule has 0 radical (unpaired) electrons. The molecule has 0 saturated carbocycles. The average Bonchev–Trinajstić information content (AvgIpc) is 3.30. The normalized spacial score (nSPS) is 43.3. The number of fused-ring (bicyclic) bond motifs is 3. The number of nitrogens with two attached hydrogens (primary N) is 1. The second-order valence-electron chi connectivity index (χ2n) is 20.8. The van der Waals surface area contributed by atoms with Crippen LogP contribution in [0.15, 0.2) is 34.9 Å². The summed E-state index contributed by atoms with van der Waals surface area (Å²) < 4.78 is 59.6. The van der Waals surface area contributed by atoms with Crippen LogP contribution >= 0.6 is 0 Å². The molecule has 21 atom stereocenters. The van der Waals surface area contributed by atoms with Gasteiger partial charge in [0.25, 0.3) is 0 Å². The quantitative estimate of drug-likeness (QED) is 0.104. The third-order valence-electron chi connectivity index (χ3n) is 15.5. The number of hydrogen-bond donors (Lipinski definition) is 9. The number of primary amides is 1. The number of nitrogens with one attached hydrogen (secondary N) is 1. The van der Waals surface area contributed by atoms with Crippen molar-refractivity contribution in [3.63, 3.8) is 0 Å². The van der Waals surface area contributed by atoms with Crippen molar-refractivity contribution in [3.05, 3.63) is 51.6 Å². The summed E-state index contributed by atoms with van der Waals surface area (Å²) in [6, 6.07) is 1.45. The van der Waals surface area contributed by atoms with Crippen LogP contribution in [-0.2, 0) is 57.0 Å². The number of amides is 2. The number of phenols is 1. The Hall–Kier alpha value is -4.51. The molecule has 4 heterocycles. The highest BCUT2D eigenvalue weighted by molar-refractivity contribution is 6.29. The van der Waals surface area contributed by atoms with E-state index in [0.717, 1.165) is 13.8 Å². The van der Waals surface area contributed by atoms with Crippen molar-refractivity contribution in [2.75, 3.05) is 7.11 Å². The Kier molecular flexibility index (Phi) is 15.7. The molecule has 4 aliphatic heterocycles. The SMILES string of the molecule is CO[C@@H]1C[C@H](O[C@H]2C=C(C)[C@@H](OC(C)=O)[C@@]3(O)[C@@H](OC(C)=O)[C@@H](O)C4=C(C(=O)c5ccc([C@H]6C[C@@H](O[C@H]7C[C@](C)(O)[C@H](O[C@H]8CC[C@H](NC(N)=O)[C@@H](C)O8)[C@@H](C)O7)[C@H](O)[C@@H](C)O6)c(O)c5C4=O)[C@]23O)O[C@@H](C)[C@H]1O. The second-order valence-corrected chi connectivity index (χ2v) is 20.8. The number of phenolic OH excluding ortho intramolecular Hbond substituents is 1. The monoisotopic (exact) mass is 1050 g/mol. The fourth-order valence-corrected chi connectivity index (χ4v) is 11.9. The van der Waals surface area contributed by atoms with E-state index in [1.54, 1.807) is 27.7 Å². The molecule has 0 unspecified atom stereocenters. The Bertz CT molecular complexity index is 2450. The summed E-state index contributed by atoms with van der Waals surface area (Å²) in [5.74, 6) is -5.34. The number of benzene rings is 1. The van der Waals surface area contributed by atoms with Gasteiger partial charge in [-0.3, -0.25) is 19.2 Å². The van der Waals surface area contributed by atoms with Gasteiger partial charge in [-0.05, 0) is 65.7 Å². The minimum absolute atomic E-state index is 0.00785. The molecule has 0 aromatic heterocycles. The van der Waals surface area contributed by atoms with E-state index in [-0.39, 0.29) is 36.4 Å². The van der Waals surface area contributed by atoms with Crippen molar-refractivity contribution in [2.24, 2.45) is 5.73 Å². The number of aliphatic hydroxyl groups is 6. The van der Waals surface area contributed by atoms with Gasteiger partial charge in [0.2, 0.25) is 0 Å². The van der Waals surface area contributed by atoms with Crippen LogP contribution in [0.3, 0.4) is 0 Å². The van der Waals surface area contributed by atoms with Crippen molar-refractivity contribution >= 4 is 29.5 Å². The Morgan fingerprint density at radius 3 is 2.03 bits per heavy atom. The molecule has 4 saturated heterocycles. The van der Waals surface area contributed by atoms with E-state index >= 15 is 9.59 Å². The average molecular weight is 1050 g/mol. The molecule has 74 heavy (non-hydrogen) atoms. The summed E-state index contributed by atoms with van der Waals surface area (Å²) in [5, 5.41) is 87.3. The smallest absolute Gasteiger partial charge is 0.312 e. The standard InChI is InChI=1S/C50H68N2O22/c1-18-14-31(73-33-16-29(65-9)38(55)21(4)68-33)49(63)37-36(43(60)46(71-24(7)54)50(49,64)44(18)70-23(6)53)42(59)35-26(41(37)58)11-10-25(40(35)57)28-15-30(39(56)20(3)66-28)72-34-17-48(8,62)45(22(5)69-34)74-32-13-12-27(19(2)67-32)52-47(51)61/h10-11,14,19-22,27-34,38-39,43-46,55-57,60,62-64H,12-13,15-17H2,1-9H3,(H3,51,52,61)/t19-,20-,21+,22-,27+,28-,29-,30-,31+,32+,33+,34+,38-,39-,43+,44-,45-,46+,48+,49-,50-/m1/s1. The van der Waals surface area contributed by atoms with Gasteiger partial charge in [-0.1, -0.05) is 6.07 Å². The maximum absolute atomic E-state index is 15.2. The summed E-state index contributed by atoms with van der Waals surface area (Å²) in [5.41, 5.74) is -5.66. The molecule has 2 amide bonds. The number of aromatic hydroxyl groups is 1. The van der Waals surface area contributed by atoms with Gasteiger partial charge in [0.15, 0.2) is 53.8 Å². The third-order valence-corrected chi connectivity index (χ3v) is 15.5. The maximum Gasteiger partial charge on any atom is 0.312 e. The van der Waals surface area contributed by atoms with Crippen molar-refractivity contribution in [3.8, 4) is 5.75 Å². The van der Waals surface area contributed by atoms with Crippen LogP contribution in [0.5, 0.6) is 5.75 Å². The zero-order valence-corrected chi connectivity index (χ0v) is 42.5. The molecule has 24 heteroatoms. The van der Waals surface area contributed by atoms with Crippen molar-refractivity contribution in [2.45, 2.75) is 215 Å². The van der Waals surface area contributed by atoms with Gasteiger partial charge in [0, 0.05) is 68.9 Å². The van der Waals surface area contributed by atoms with Crippen LogP contribution in [0.1, 0.15) is 120 Å². The van der Waals surface area contributed by atoms with E-state index in [0.29, 0.717) is 12.8 Å². The van der Waals surface area contributed by atoms with Crippen LogP contribution < -0.4 is 11.1 Å². The second kappa shape index (κ2) is 20.8. The Labute approximate surface area is 425 Å². The largest absolute Gasteiger partial charge is 0.507 e. The number of esters is 2. The van der Waals surface area contributed by atoms with Gasteiger partial charge in [0.1, 0.15) is 36.3 Å². The molecule has 8 rings (SSSR count). The topological polar surface area (TPSA) is 357 Å². The lowest BCUT2D eigenvalue weighted by atomic mass is 9.54. The molecular weight excluding hydrogens is 981 g/mol. The van der Waals surface area contributed by atoms with Crippen molar-refractivity contribution in [1.82, 2.24) is 5.32 Å². The molecule has 1 aromatic carbocycles. The van der Waals surface area contributed by atoms with Gasteiger partial charge in [0.05, 0.1) is 59.9 Å². The Morgan fingerprint density at radius 2 is 1.41 bits per heavy atom. The van der Waals surface area contributed by atoms with Crippen LogP contribution in [-0.4, -0.2) is 193 Å². The first-order valence-electron chi connectivity index (χ1n) is 24.7. The van der Waals surface area contributed by atoms with E-state index in [1.165, 1.54) is 39.2 Å². The van der Waals surface area contributed by atoms with Gasteiger partial charge in [-0.25, -0.2) is 4.79 Å². The molecule has 10 N–H and O–H groups in total. The summed E-state index contributed by atoms with van der Waals surface area (Å²) in [6.07, 6.45) is -19.5. The highest BCUT2D eigenvalue weighted by Gasteiger charge is 2.76. The minimum atomic E-state index is -3.22. The summed E-state index contributed by atoms with van der Waals surface area (Å²) >= 11 is 0. The van der Waals surface area contributed by atoms with Crippen LogP contribution in [0.2, 0.25) is 0 Å². The Balaban J connectivity index is 1.10. The lowest BCUT2D eigenvalue weighted by molar-refractivity contribution is -0.333. The highest BCUT2D eigenvalue weighted by Crippen LogP contribution is 2.56. The molecule has 1 aromatic rings. The van der Waals surface area contributed by atoms with E-state index < -0.39 is 179 Å². The summed E-state index contributed by atoms with van der Waals surface area (Å²) in [6.45, 7) is 11.4. The van der Waals surface area contributed by atoms with E-state index in [9.17, 15) is 50.1 Å². The number of aliphatic hydroxyl groups excluding tert-OH is 3. The van der Waals surface area contributed by atoms with Crippen LogP contribution in [0.25, 0.3) is 0 Å². The summed E-state index contributed by atoms with van der Waals surface area (Å²) in [4.78, 5) is 67.2. The van der Waals surface area contributed by atoms with Gasteiger partial charge >= 0.3 is 18.0 Å². The molecule has 4 fully saturated rings. The molecule has 24 nitrogen and oxygen atoms in total. The van der Waals surface area contributed by atoms with Crippen LogP contribution in [0, 0.1) is 0 Å². The number of carbonyl (C=O) groups is 5. The van der Waals surface area contributed by atoms with Gasteiger partial charge in [-0.2, -0.15) is 0 Å². The first-order chi connectivity index (χ1) is 34.6. The number of Topliss-reactive ketones (excluding diaryl/α,β-unsaturated/α-hetero) is 2. The highest BCUT2D eigenvalue weighted by atomic mass is 16.7. The predicted octanol–water partition coefficient (Wildman–Crippen LogP) is 0.0528. The number of methoxy groups -OCH3 is 1. The third kappa shape index (κ3) is 9.69. The molecule has 0 bridgehead atoms. The first-order valence-corrected chi connectivity index (χ1v) is 24.7. The lowest BCUT2D eigenvalue weighted by Crippen LogP contribution is -2.80. The molecule has 7 aliphatic rings. The fourth-order valence-electron chi connectivity index (χ4n) is 11.9. The van der Waals surface area contributed by atoms with E-state index in [1.807, 2.05) is 0 Å². The number of carbonyl (C=O) groups excluding carboxylic acids is 5. The lowest BCUT2D eigenvalue weighted by Gasteiger charge is -2.59. The Morgan fingerprint density at radius 1 is 0.770 bits per heavy atom. The van der Waals surface area contributed by atoms with Crippen molar-refractivity contribution < 1.29 is 107 Å². The number of hydrogen-bond acceptors (Lipinski definition) is 22. The van der Waals surface area contributed by atoms with Gasteiger partial charge < -0.3 is 94.2 Å². The molecule has 410 valence electrons. The molecule has 3 aliphatic carbocycles. The van der Waals surface area contributed by atoms with Gasteiger partial charge in [-0.15, -0.1) is 0 Å². The van der Waals surface area contributed by atoms with E-state index in [2.05, 4.69) is 5.32 Å². The number of urea groups is 1. The number of ketones is 2. The zero-order chi connectivity index (χ0) is 54.3. The fraction of sp³-hybridized carbons (Fsp3) is 0.700.